The van der Waals surface area contributed by atoms with Crippen molar-refractivity contribution in [3.8, 4) is 0 Å². The van der Waals surface area contributed by atoms with Gasteiger partial charge in [-0.15, -0.1) is 35.5 Å². The van der Waals surface area contributed by atoms with Gasteiger partial charge >= 0.3 is 0 Å². The van der Waals surface area contributed by atoms with Crippen LogP contribution in [0.5, 0.6) is 0 Å². The quantitative estimate of drug-likeness (QED) is 0.830. The van der Waals surface area contributed by atoms with E-state index in [9.17, 15) is 4.79 Å². The lowest BCUT2D eigenvalue weighted by molar-refractivity contribution is 0.102. The molecule has 1 N–H and O–H groups in total. The van der Waals surface area contributed by atoms with Gasteiger partial charge in [0.2, 0.25) is 0 Å². The van der Waals surface area contributed by atoms with E-state index in [2.05, 4.69) is 22.1 Å². The highest BCUT2D eigenvalue weighted by molar-refractivity contribution is 7.98. The van der Waals surface area contributed by atoms with Crippen molar-refractivity contribution in [3.63, 3.8) is 0 Å². The highest BCUT2D eigenvalue weighted by Gasteiger charge is 2.20. The molecule has 0 aliphatic carbocycles. The minimum absolute atomic E-state index is 0. The third-order valence-electron chi connectivity index (χ3n) is 3.83. The molecular formula is C16H20ClN3OS2. The molecule has 4 nitrogen and oxygen atoms in total. The first-order chi connectivity index (χ1) is 10.7. The van der Waals surface area contributed by atoms with Crippen molar-refractivity contribution >= 4 is 46.5 Å². The zero-order valence-electron chi connectivity index (χ0n) is 13.2. The van der Waals surface area contributed by atoms with Crippen LogP contribution in [0.1, 0.15) is 27.9 Å². The van der Waals surface area contributed by atoms with Gasteiger partial charge in [-0.25, -0.2) is 4.98 Å². The maximum Gasteiger partial charge on any atom is 0.257 e. The van der Waals surface area contributed by atoms with Crippen molar-refractivity contribution in [2.75, 3.05) is 24.7 Å². The molecule has 1 aromatic heterocycles. The summed E-state index contributed by atoms with van der Waals surface area (Å²) in [5.41, 5.74) is 1.81. The summed E-state index contributed by atoms with van der Waals surface area (Å²) in [5.74, 6) is -0.0916. The first kappa shape index (κ1) is 18.3. The van der Waals surface area contributed by atoms with Crippen LogP contribution >= 0.6 is 35.5 Å². The number of rotatable bonds is 4. The highest BCUT2D eigenvalue weighted by atomic mass is 35.5. The maximum atomic E-state index is 12.3. The molecule has 124 valence electrons. The van der Waals surface area contributed by atoms with Gasteiger partial charge in [0.1, 0.15) is 0 Å². The molecule has 2 aromatic rings. The molecule has 2 heterocycles. The number of nitrogens with one attached hydrogen (secondary N) is 1. The predicted octanol–water partition coefficient (Wildman–Crippen LogP) is 3.92. The van der Waals surface area contributed by atoms with Crippen LogP contribution in [0.15, 0.2) is 29.2 Å². The second kappa shape index (κ2) is 8.15. The largest absolute Gasteiger partial charge is 0.298 e. The van der Waals surface area contributed by atoms with E-state index >= 15 is 0 Å². The number of hydrogen-bond donors (Lipinski definition) is 1. The lowest BCUT2D eigenvalue weighted by Crippen LogP contribution is -2.29. The third kappa shape index (κ3) is 4.26. The lowest BCUT2D eigenvalue weighted by atomic mass is 10.2. The fourth-order valence-corrected chi connectivity index (χ4v) is 3.94. The molecule has 0 saturated carbocycles. The number of halogens is 1. The number of anilines is 1. The van der Waals surface area contributed by atoms with E-state index in [0.717, 1.165) is 36.6 Å². The fraction of sp³-hybridized carbons (Fsp3) is 0.375. The van der Waals surface area contributed by atoms with Gasteiger partial charge in [0.05, 0.1) is 5.69 Å². The summed E-state index contributed by atoms with van der Waals surface area (Å²) in [6, 6.07) is 7.64. The van der Waals surface area contributed by atoms with Crippen molar-refractivity contribution in [1.82, 2.24) is 9.88 Å². The van der Waals surface area contributed by atoms with Crippen LogP contribution in [0.4, 0.5) is 5.13 Å². The van der Waals surface area contributed by atoms with E-state index in [0.29, 0.717) is 10.7 Å². The van der Waals surface area contributed by atoms with Crippen LogP contribution in [-0.2, 0) is 13.0 Å². The molecule has 0 atom stereocenters. The molecule has 0 bridgehead atoms. The number of thiazole rings is 1. The Hall–Kier alpha value is -1.08. The van der Waals surface area contributed by atoms with Gasteiger partial charge in [0, 0.05) is 34.8 Å². The molecule has 1 aromatic carbocycles. The lowest BCUT2D eigenvalue weighted by Gasteiger charge is -2.23. The van der Waals surface area contributed by atoms with Gasteiger partial charge in [-0.3, -0.25) is 15.0 Å². The minimum atomic E-state index is -0.0916. The molecule has 1 aliphatic rings. The number of nitrogens with zero attached hydrogens (tertiary/aromatic N) is 2. The Morgan fingerprint density at radius 3 is 2.78 bits per heavy atom. The smallest absolute Gasteiger partial charge is 0.257 e. The Morgan fingerprint density at radius 2 is 2.13 bits per heavy atom. The molecule has 1 aliphatic heterocycles. The SMILES string of the molecule is CCN1CCc2nc(NC(=O)c3ccc(SC)cc3)sc2C1.Cl. The van der Waals surface area contributed by atoms with Crippen LogP contribution in [0.25, 0.3) is 0 Å². The summed E-state index contributed by atoms with van der Waals surface area (Å²) in [6.07, 6.45) is 2.99. The van der Waals surface area contributed by atoms with Gasteiger partial charge in [0.15, 0.2) is 5.13 Å². The number of amides is 1. The Labute approximate surface area is 151 Å². The number of aromatic nitrogens is 1. The normalized spacial score (nSPS) is 14.0. The van der Waals surface area contributed by atoms with Crippen molar-refractivity contribution in [2.24, 2.45) is 0 Å². The first-order valence-electron chi connectivity index (χ1n) is 7.36. The van der Waals surface area contributed by atoms with Crippen LogP contribution in [0, 0.1) is 0 Å². The highest BCUT2D eigenvalue weighted by Crippen LogP contribution is 2.28. The predicted molar refractivity (Wildman–Crippen MR) is 100 cm³/mol. The Bertz CT molecular complexity index is 672. The van der Waals surface area contributed by atoms with Crippen LogP contribution < -0.4 is 5.32 Å². The Morgan fingerprint density at radius 1 is 1.39 bits per heavy atom. The first-order valence-corrected chi connectivity index (χ1v) is 9.40. The van der Waals surface area contributed by atoms with Crippen molar-refractivity contribution in [3.05, 3.63) is 40.4 Å². The second-order valence-electron chi connectivity index (χ2n) is 5.19. The number of carbonyl (C=O) groups excluding carboxylic acids is 1. The van der Waals surface area contributed by atoms with Crippen LogP contribution in [0.2, 0.25) is 0 Å². The fourth-order valence-electron chi connectivity index (χ4n) is 2.48. The van der Waals surface area contributed by atoms with E-state index in [4.69, 9.17) is 0 Å². The van der Waals surface area contributed by atoms with Crippen LogP contribution in [0.3, 0.4) is 0 Å². The monoisotopic (exact) mass is 369 g/mol. The molecule has 7 heteroatoms. The molecule has 0 fully saturated rings. The zero-order valence-corrected chi connectivity index (χ0v) is 15.6. The van der Waals surface area contributed by atoms with E-state index in [1.807, 2.05) is 30.5 Å². The minimum Gasteiger partial charge on any atom is -0.298 e. The number of likely N-dealkylation sites (N-methyl/N-ethyl adjacent to an activating group) is 1. The Kier molecular flexibility index (Phi) is 6.47. The number of benzene rings is 1. The summed E-state index contributed by atoms with van der Waals surface area (Å²) in [6.45, 7) is 5.23. The molecule has 3 rings (SSSR count). The molecular weight excluding hydrogens is 350 g/mol. The Balaban J connectivity index is 0.00000192. The topological polar surface area (TPSA) is 45.2 Å². The summed E-state index contributed by atoms with van der Waals surface area (Å²) >= 11 is 3.26. The standard InChI is InChI=1S/C16H19N3OS2.ClH/c1-3-19-9-8-13-14(10-19)22-16(17-13)18-15(20)11-4-6-12(21-2)7-5-11;/h4-7H,3,8-10H2,1-2H3,(H,17,18,20);1H. The number of carbonyl (C=O) groups is 1. The van der Waals surface area contributed by atoms with E-state index < -0.39 is 0 Å². The summed E-state index contributed by atoms with van der Waals surface area (Å²) in [4.78, 5) is 21.7. The van der Waals surface area contributed by atoms with Gasteiger partial charge < -0.3 is 0 Å². The molecule has 1 amide bonds. The molecule has 23 heavy (non-hydrogen) atoms. The van der Waals surface area contributed by atoms with Crippen molar-refractivity contribution in [1.29, 1.82) is 0 Å². The van der Waals surface area contributed by atoms with Gasteiger partial charge in [-0.2, -0.15) is 0 Å². The van der Waals surface area contributed by atoms with Gasteiger partial charge in [-0.1, -0.05) is 6.92 Å². The molecule has 0 unspecified atom stereocenters. The maximum absolute atomic E-state index is 12.3. The molecule has 0 radical (unpaired) electrons. The zero-order chi connectivity index (χ0) is 15.5. The number of thioether (sulfide) groups is 1. The van der Waals surface area contributed by atoms with Crippen LogP contribution in [-0.4, -0.2) is 35.1 Å². The second-order valence-corrected chi connectivity index (χ2v) is 7.15. The number of fused-ring (bicyclic) bond motifs is 1. The van der Waals surface area contributed by atoms with E-state index in [1.54, 1.807) is 23.1 Å². The average Bonchev–Trinajstić information content (AvgIpc) is 2.95. The summed E-state index contributed by atoms with van der Waals surface area (Å²) in [7, 11) is 0. The molecule has 0 saturated heterocycles. The van der Waals surface area contributed by atoms with Crippen molar-refractivity contribution < 1.29 is 4.79 Å². The van der Waals surface area contributed by atoms with Crippen molar-refractivity contribution in [2.45, 2.75) is 24.8 Å². The summed E-state index contributed by atoms with van der Waals surface area (Å²) in [5, 5.41) is 3.64. The van der Waals surface area contributed by atoms with Gasteiger partial charge in [0.25, 0.3) is 5.91 Å². The number of hydrogen-bond acceptors (Lipinski definition) is 5. The van der Waals surface area contributed by atoms with E-state index in [1.165, 1.54) is 4.88 Å². The third-order valence-corrected chi connectivity index (χ3v) is 5.57. The van der Waals surface area contributed by atoms with E-state index in [-0.39, 0.29) is 18.3 Å². The molecule has 0 spiro atoms. The average molecular weight is 370 g/mol. The van der Waals surface area contributed by atoms with Gasteiger partial charge in [-0.05, 0) is 37.1 Å². The summed E-state index contributed by atoms with van der Waals surface area (Å²) < 4.78 is 0.